The Morgan fingerprint density at radius 1 is 1.14 bits per heavy atom. The smallest absolute Gasteiger partial charge is 0.214 e. The Hall–Kier alpha value is -1.98. The van der Waals surface area contributed by atoms with Crippen LogP contribution >= 0.6 is 27.5 Å². The fourth-order valence-corrected chi connectivity index (χ4v) is 2.82. The molecule has 0 unspecified atom stereocenters. The van der Waals surface area contributed by atoms with Crippen molar-refractivity contribution in [2.75, 3.05) is 0 Å². The number of hydrogen-bond donors (Lipinski definition) is 0. The zero-order valence-electron chi connectivity index (χ0n) is 10.7. The summed E-state index contributed by atoms with van der Waals surface area (Å²) in [5.74, 6) is -0.174. The van der Waals surface area contributed by atoms with Crippen molar-refractivity contribution in [1.29, 1.82) is 0 Å². The number of ketones is 1. The normalized spacial score (nSPS) is 10.6. The Balaban J connectivity index is 2.06. The summed E-state index contributed by atoms with van der Waals surface area (Å²) in [4.78, 5) is 12.7. The molecular formula is C15H9BrClN3O. The highest BCUT2D eigenvalue weighted by atomic mass is 79.9. The second-order valence-electron chi connectivity index (χ2n) is 4.32. The van der Waals surface area contributed by atoms with Crippen molar-refractivity contribution < 1.29 is 4.79 Å². The molecule has 0 aliphatic carbocycles. The summed E-state index contributed by atoms with van der Waals surface area (Å²) in [6, 6.07) is 14.4. The molecule has 0 radical (unpaired) electrons. The van der Waals surface area contributed by atoms with Gasteiger partial charge >= 0.3 is 0 Å². The summed E-state index contributed by atoms with van der Waals surface area (Å²) in [6.07, 6.45) is 1.45. The highest BCUT2D eigenvalue weighted by molar-refractivity contribution is 9.10. The lowest BCUT2D eigenvalue weighted by Crippen LogP contribution is -2.10. The molecule has 1 aromatic heterocycles. The first kappa shape index (κ1) is 14.0. The molecule has 0 aliphatic heterocycles. The van der Waals surface area contributed by atoms with E-state index in [1.165, 1.54) is 10.9 Å². The van der Waals surface area contributed by atoms with Crippen LogP contribution in [0.1, 0.15) is 16.1 Å². The van der Waals surface area contributed by atoms with Crippen molar-refractivity contribution in [3.63, 3.8) is 0 Å². The quantitative estimate of drug-likeness (QED) is 0.664. The van der Waals surface area contributed by atoms with Gasteiger partial charge in [-0.05, 0) is 46.3 Å². The molecule has 0 saturated heterocycles. The van der Waals surface area contributed by atoms with E-state index in [2.05, 4.69) is 26.2 Å². The van der Waals surface area contributed by atoms with E-state index in [0.717, 1.165) is 5.69 Å². The molecule has 4 nitrogen and oxygen atoms in total. The summed E-state index contributed by atoms with van der Waals surface area (Å²) >= 11 is 9.26. The van der Waals surface area contributed by atoms with Gasteiger partial charge in [0.05, 0.1) is 11.9 Å². The van der Waals surface area contributed by atoms with Crippen molar-refractivity contribution in [3.05, 3.63) is 75.5 Å². The molecule has 6 heteroatoms. The van der Waals surface area contributed by atoms with E-state index < -0.39 is 0 Å². The number of carbonyl (C=O) groups excluding carboxylic acids is 1. The maximum atomic E-state index is 12.7. The van der Waals surface area contributed by atoms with E-state index in [-0.39, 0.29) is 5.78 Å². The van der Waals surface area contributed by atoms with Crippen molar-refractivity contribution in [3.8, 4) is 5.69 Å². The molecule has 0 N–H and O–H groups in total. The Morgan fingerprint density at radius 3 is 2.62 bits per heavy atom. The molecular weight excluding hydrogens is 354 g/mol. The van der Waals surface area contributed by atoms with Gasteiger partial charge in [-0.15, -0.1) is 5.10 Å². The number of nitrogens with zero attached hydrogens (tertiary/aromatic N) is 3. The predicted octanol–water partition coefficient (Wildman–Crippen LogP) is 3.91. The van der Waals surface area contributed by atoms with Gasteiger partial charge < -0.3 is 0 Å². The second kappa shape index (κ2) is 5.79. The molecule has 104 valence electrons. The van der Waals surface area contributed by atoms with E-state index in [4.69, 9.17) is 11.6 Å². The number of halogens is 2. The SMILES string of the molecule is O=C(c1ccc(Cl)cc1Br)c1cnnn1-c1ccccc1. The fraction of sp³-hybridized carbons (Fsp3) is 0. The van der Waals surface area contributed by atoms with Gasteiger partial charge in [-0.2, -0.15) is 0 Å². The minimum Gasteiger partial charge on any atom is -0.287 e. The summed E-state index contributed by atoms with van der Waals surface area (Å²) in [5.41, 5.74) is 1.69. The molecule has 0 atom stereocenters. The second-order valence-corrected chi connectivity index (χ2v) is 5.61. The van der Waals surface area contributed by atoms with Gasteiger partial charge in [-0.1, -0.05) is 35.0 Å². The maximum absolute atomic E-state index is 12.7. The number of benzene rings is 2. The van der Waals surface area contributed by atoms with E-state index in [1.807, 2.05) is 30.3 Å². The molecule has 0 bridgehead atoms. The summed E-state index contributed by atoms with van der Waals surface area (Å²) in [5, 5.41) is 8.39. The zero-order chi connectivity index (χ0) is 14.8. The third-order valence-corrected chi connectivity index (χ3v) is 3.85. The van der Waals surface area contributed by atoms with Gasteiger partial charge in [-0.25, -0.2) is 4.68 Å². The van der Waals surface area contributed by atoms with Gasteiger partial charge in [0.15, 0.2) is 0 Å². The van der Waals surface area contributed by atoms with Gasteiger partial charge in [0.25, 0.3) is 0 Å². The zero-order valence-corrected chi connectivity index (χ0v) is 13.0. The maximum Gasteiger partial charge on any atom is 0.214 e. The van der Waals surface area contributed by atoms with Gasteiger partial charge in [0, 0.05) is 15.1 Å². The lowest BCUT2D eigenvalue weighted by Gasteiger charge is -2.07. The lowest BCUT2D eigenvalue weighted by atomic mass is 10.1. The number of aromatic nitrogens is 3. The first-order valence-corrected chi connectivity index (χ1v) is 7.30. The van der Waals surface area contributed by atoms with Gasteiger partial charge in [-0.3, -0.25) is 4.79 Å². The van der Waals surface area contributed by atoms with Crippen LogP contribution in [0.2, 0.25) is 5.02 Å². The molecule has 3 rings (SSSR count). The van der Waals surface area contributed by atoms with Crippen LogP contribution in [0.15, 0.2) is 59.2 Å². The summed E-state index contributed by atoms with van der Waals surface area (Å²) in [6.45, 7) is 0. The Morgan fingerprint density at radius 2 is 1.90 bits per heavy atom. The van der Waals surface area contributed by atoms with Crippen LogP contribution in [0, 0.1) is 0 Å². The summed E-state index contributed by atoms with van der Waals surface area (Å²) in [7, 11) is 0. The molecule has 1 heterocycles. The van der Waals surface area contributed by atoms with E-state index in [1.54, 1.807) is 18.2 Å². The minimum absolute atomic E-state index is 0.174. The lowest BCUT2D eigenvalue weighted by molar-refractivity contribution is 0.103. The Bertz CT molecular complexity index is 802. The predicted molar refractivity (Wildman–Crippen MR) is 83.9 cm³/mol. The largest absolute Gasteiger partial charge is 0.287 e. The van der Waals surface area contributed by atoms with Crippen LogP contribution < -0.4 is 0 Å². The van der Waals surface area contributed by atoms with Crippen LogP contribution in [0.25, 0.3) is 5.69 Å². The van der Waals surface area contributed by atoms with Crippen molar-refractivity contribution in [2.45, 2.75) is 0 Å². The number of rotatable bonds is 3. The molecule has 3 aromatic rings. The fourth-order valence-electron chi connectivity index (χ4n) is 1.96. The van der Waals surface area contributed by atoms with Gasteiger partial charge in [0.1, 0.15) is 5.69 Å². The molecule has 0 aliphatic rings. The molecule has 21 heavy (non-hydrogen) atoms. The Labute approximate surface area is 134 Å². The number of hydrogen-bond acceptors (Lipinski definition) is 3. The monoisotopic (exact) mass is 361 g/mol. The topological polar surface area (TPSA) is 47.8 Å². The number of carbonyl (C=O) groups is 1. The Kier molecular flexibility index (Phi) is 3.86. The van der Waals surface area contributed by atoms with Crippen molar-refractivity contribution in [1.82, 2.24) is 15.0 Å². The van der Waals surface area contributed by atoms with Gasteiger partial charge in [0.2, 0.25) is 5.78 Å². The van der Waals surface area contributed by atoms with Crippen LogP contribution in [0.5, 0.6) is 0 Å². The van der Waals surface area contributed by atoms with E-state index in [9.17, 15) is 4.79 Å². The van der Waals surface area contributed by atoms with Crippen LogP contribution in [-0.2, 0) is 0 Å². The first-order valence-electron chi connectivity index (χ1n) is 6.12. The third kappa shape index (κ3) is 2.75. The van der Waals surface area contributed by atoms with E-state index >= 15 is 0 Å². The molecule has 0 spiro atoms. The molecule has 0 fully saturated rings. The third-order valence-electron chi connectivity index (χ3n) is 2.96. The average Bonchev–Trinajstić information content (AvgIpc) is 2.97. The summed E-state index contributed by atoms with van der Waals surface area (Å²) < 4.78 is 2.16. The van der Waals surface area contributed by atoms with Crippen molar-refractivity contribution in [2.24, 2.45) is 0 Å². The highest BCUT2D eigenvalue weighted by Crippen LogP contribution is 2.24. The highest BCUT2D eigenvalue weighted by Gasteiger charge is 2.18. The van der Waals surface area contributed by atoms with Crippen LogP contribution in [0.3, 0.4) is 0 Å². The number of para-hydroxylation sites is 1. The van der Waals surface area contributed by atoms with Crippen molar-refractivity contribution >= 4 is 33.3 Å². The van der Waals surface area contributed by atoms with Crippen LogP contribution in [0.4, 0.5) is 0 Å². The minimum atomic E-state index is -0.174. The molecule has 0 amide bonds. The standard InChI is InChI=1S/C15H9BrClN3O/c16-13-8-10(17)6-7-12(13)15(21)14-9-18-19-20(14)11-4-2-1-3-5-11/h1-9H. The average molecular weight is 363 g/mol. The first-order chi connectivity index (χ1) is 10.2. The van der Waals surface area contributed by atoms with Crippen LogP contribution in [-0.4, -0.2) is 20.8 Å². The molecule has 2 aromatic carbocycles. The van der Waals surface area contributed by atoms with E-state index in [0.29, 0.717) is 20.8 Å². The molecule has 0 saturated carbocycles.